The predicted molar refractivity (Wildman–Crippen MR) is 80.0 cm³/mol. The number of benzene rings is 1. The van der Waals surface area contributed by atoms with Gasteiger partial charge in [-0.3, -0.25) is 4.98 Å². The number of aromatic nitrogens is 1. The minimum absolute atomic E-state index is 0.108. The largest absolute Gasteiger partial charge is 0.392 e. The van der Waals surface area contributed by atoms with Gasteiger partial charge in [0.25, 0.3) is 0 Å². The number of nitrogens with zero attached hydrogens (tertiary/aromatic N) is 2. The molecule has 0 fully saturated rings. The molecular weight excluding hydrogens is 288 g/mol. The first-order valence-electron chi connectivity index (χ1n) is 6.52. The van der Waals surface area contributed by atoms with Gasteiger partial charge < -0.3 is 5.11 Å². The Kier molecular flexibility index (Phi) is 4.72. The zero-order valence-corrected chi connectivity index (χ0v) is 12.8. The molecule has 0 radical (unpaired) electrons. The first-order chi connectivity index (χ1) is 9.93. The lowest BCUT2D eigenvalue weighted by molar-refractivity contribution is 0.281. The summed E-state index contributed by atoms with van der Waals surface area (Å²) in [5, 5.41) is 8.99. The van der Waals surface area contributed by atoms with Crippen LogP contribution >= 0.6 is 0 Å². The SMILES string of the molecule is Cc1cccc(CN(C)S(=O)(=O)c2ccc(CO)cc2)n1. The van der Waals surface area contributed by atoms with Crippen molar-refractivity contribution < 1.29 is 13.5 Å². The van der Waals surface area contributed by atoms with Crippen molar-refractivity contribution in [2.45, 2.75) is 25.0 Å². The fourth-order valence-corrected chi connectivity index (χ4v) is 3.09. The third-order valence-corrected chi connectivity index (χ3v) is 4.96. The maximum Gasteiger partial charge on any atom is 0.243 e. The van der Waals surface area contributed by atoms with Crippen LogP contribution < -0.4 is 0 Å². The summed E-state index contributed by atoms with van der Waals surface area (Å²) in [5.41, 5.74) is 2.23. The molecule has 0 atom stereocenters. The summed E-state index contributed by atoms with van der Waals surface area (Å²) in [6, 6.07) is 11.7. The van der Waals surface area contributed by atoms with Gasteiger partial charge in [-0.25, -0.2) is 8.42 Å². The number of aliphatic hydroxyl groups is 1. The topological polar surface area (TPSA) is 70.5 Å². The number of sulfonamides is 1. The van der Waals surface area contributed by atoms with Gasteiger partial charge in [0.1, 0.15) is 0 Å². The van der Waals surface area contributed by atoms with E-state index in [0.717, 1.165) is 5.69 Å². The van der Waals surface area contributed by atoms with Gasteiger partial charge in [-0.15, -0.1) is 0 Å². The molecular formula is C15H18N2O3S. The number of rotatable bonds is 5. The van der Waals surface area contributed by atoms with Gasteiger partial charge in [-0.05, 0) is 36.8 Å². The van der Waals surface area contributed by atoms with Gasteiger partial charge in [0.15, 0.2) is 0 Å². The minimum Gasteiger partial charge on any atom is -0.392 e. The van der Waals surface area contributed by atoms with Crippen molar-refractivity contribution in [3.63, 3.8) is 0 Å². The highest BCUT2D eigenvalue weighted by molar-refractivity contribution is 7.89. The van der Waals surface area contributed by atoms with Crippen LogP contribution in [0.3, 0.4) is 0 Å². The Morgan fingerprint density at radius 3 is 2.38 bits per heavy atom. The summed E-state index contributed by atoms with van der Waals surface area (Å²) in [6.07, 6.45) is 0. The number of aryl methyl sites for hydroxylation is 1. The van der Waals surface area contributed by atoms with Gasteiger partial charge >= 0.3 is 0 Å². The van der Waals surface area contributed by atoms with E-state index in [2.05, 4.69) is 4.98 Å². The molecule has 2 rings (SSSR count). The summed E-state index contributed by atoms with van der Waals surface area (Å²) in [7, 11) is -2.04. The summed E-state index contributed by atoms with van der Waals surface area (Å²) >= 11 is 0. The second kappa shape index (κ2) is 6.34. The van der Waals surface area contributed by atoms with Gasteiger partial charge in [0.05, 0.1) is 23.7 Å². The zero-order chi connectivity index (χ0) is 15.5. The molecule has 0 amide bonds. The monoisotopic (exact) mass is 306 g/mol. The first-order valence-corrected chi connectivity index (χ1v) is 7.96. The maximum absolute atomic E-state index is 12.5. The molecule has 6 heteroatoms. The van der Waals surface area contributed by atoms with Crippen molar-refractivity contribution in [2.24, 2.45) is 0 Å². The molecule has 0 unspecified atom stereocenters. The van der Waals surface area contributed by atoms with E-state index in [-0.39, 0.29) is 18.0 Å². The standard InChI is InChI=1S/C15H18N2O3S/c1-12-4-3-5-14(16-12)10-17(2)21(19,20)15-8-6-13(11-18)7-9-15/h3-9,18H,10-11H2,1-2H3. The Balaban J connectivity index is 2.21. The van der Waals surface area contributed by atoms with E-state index in [1.165, 1.54) is 23.5 Å². The van der Waals surface area contributed by atoms with Gasteiger partial charge in [-0.1, -0.05) is 18.2 Å². The van der Waals surface area contributed by atoms with Crippen LogP contribution in [0.25, 0.3) is 0 Å². The molecule has 0 aliphatic rings. The zero-order valence-electron chi connectivity index (χ0n) is 12.0. The van der Waals surface area contributed by atoms with E-state index in [1.54, 1.807) is 18.2 Å². The lowest BCUT2D eigenvalue weighted by Gasteiger charge is -2.17. The van der Waals surface area contributed by atoms with Crippen LogP contribution in [0.4, 0.5) is 0 Å². The summed E-state index contributed by atoms with van der Waals surface area (Å²) in [5.74, 6) is 0. The summed E-state index contributed by atoms with van der Waals surface area (Å²) in [6.45, 7) is 1.97. The molecule has 1 aromatic carbocycles. The van der Waals surface area contributed by atoms with Crippen molar-refractivity contribution in [1.82, 2.24) is 9.29 Å². The second-order valence-corrected chi connectivity index (χ2v) is 6.88. The molecule has 2 aromatic rings. The number of pyridine rings is 1. The van der Waals surface area contributed by atoms with Gasteiger partial charge in [0.2, 0.25) is 10.0 Å². The number of hydrogen-bond donors (Lipinski definition) is 1. The van der Waals surface area contributed by atoms with Crippen molar-refractivity contribution >= 4 is 10.0 Å². The van der Waals surface area contributed by atoms with Crippen LogP contribution in [0.2, 0.25) is 0 Å². The van der Waals surface area contributed by atoms with Crippen LogP contribution in [0.15, 0.2) is 47.4 Å². The van der Waals surface area contributed by atoms with E-state index in [4.69, 9.17) is 5.11 Å². The first kappa shape index (κ1) is 15.6. The Labute approximate surface area is 124 Å². The van der Waals surface area contributed by atoms with E-state index < -0.39 is 10.0 Å². The molecule has 112 valence electrons. The Morgan fingerprint density at radius 1 is 1.14 bits per heavy atom. The highest BCUT2D eigenvalue weighted by Gasteiger charge is 2.21. The third kappa shape index (κ3) is 3.66. The Morgan fingerprint density at radius 2 is 1.81 bits per heavy atom. The van der Waals surface area contributed by atoms with E-state index in [9.17, 15) is 8.42 Å². The molecule has 0 aliphatic carbocycles. The Hall–Kier alpha value is -1.76. The van der Waals surface area contributed by atoms with Crippen LogP contribution in [-0.4, -0.2) is 29.9 Å². The lowest BCUT2D eigenvalue weighted by atomic mass is 10.2. The minimum atomic E-state index is -3.56. The molecule has 1 N–H and O–H groups in total. The smallest absolute Gasteiger partial charge is 0.243 e. The van der Waals surface area contributed by atoms with Crippen molar-refractivity contribution in [2.75, 3.05) is 7.05 Å². The highest BCUT2D eigenvalue weighted by Crippen LogP contribution is 2.17. The van der Waals surface area contributed by atoms with Gasteiger partial charge in [0, 0.05) is 12.7 Å². The molecule has 0 bridgehead atoms. The third-order valence-electron chi connectivity index (χ3n) is 3.14. The van der Waals surface area contributed by atoms with E-state index >= 15 is 0 Å². The van der Waals surface area contributed by atoms with Crippen molar-refractivity contribution in [1.29, 1.82) is 0 Å². The van der Waals surface area contributed by atoms with Crippen LogP contribution in [0.5, 0.6) is 0 Å². The maximum atomic E-state index is 12.5. The summed E-state index contributed by atoms with van der Waals surface area (Å²) < 4.78 is 26.2. The molecule has 0 aliphatic heterocycles. The average molecular weight is 306 g/mol. The fourth-order valence-electron chi connectivity index (χ4n) is 1.95. The predicted octanol–water partition coefficient (Wildman–Crippen LogP) is 1.70. The number of aliphatic hydroxyl groups excluding tert-OH is 1. The molecule has 5 nitrogen and oxygen atoms in total. The van der Waals surface area contributed by atoms with E-state index in [1.807, 2.05) is 19.1 Å². The average Bonchev–Trinajstić information content (AvgIpc) is 2.47. The Bertz CT molecular complexity index is 712. The highest BCUT2D eigenvalue weighted by atomic mass is 32.2. The molecule has 1 heterocycles. The second-order valence-electron chi connectivity index (χ2n) is 4.83. The van der Waals surface area contributed by atoms with Crippen molar-refractivity contribution in [3.05, 3.63) is 59.4 Å². The molecule has 0 spiro atoms. The molecule has 21 heavy (non-hydrogen) atoms. The van der Waals surface area contributed by atoms with Gasteiger partial charge in [-0.2, -0.15) is 4.31 Å². The van der Waals surface area contributed by atoms with E-state index in [0.29, 0.717) is 11.3 Å². The van der Waals surface area contributed by atoms with Crippen LogP contribution in [0, 0.1) is 6.92 Å². The normalized spacial score (nSPS) is 11.8. The molecule has 0 saturated heterocycles. The van der Waals surface area contributed by atoms with Crippen LogP contribution in [0.1, 0.15) is 17.0 Å². The molecule has 1 aromatic heterocycles. The number of hydrogen-bond acceptors (Lipinski definition) is 4. The van der Waals surface area contributed by atoms with Crippen LogP contribution in [-0.2, 0) is 23.2 Å². The summed E-state index contributed by atoms with van der Waals surface area (Å²) in [4.78, 5) is 4.51. The lowest BCUT2D eigenvalue weighted by Crippen LogP contribution is -2.27. The quantitative estimate of drug-likeness (QED) is 0.913. The van der Waals surface area contributed by atoms with Crippen molar-refractivity contribution in [3.8, 4) is 0 Å². The molecule has 0 saturated carbocycles. The fraction of sp³-hybridized carbons (Fsp3) is 0.267.